The Balaban J connectivity index is 1.88. The van der Waals surface area contributed by atoms with E-state index in [0.717, 1.165) is 31.9 Å². The Morgan fingerprint density at radius 1 is 1.29 bits per heavy atom. The lowest BCUT2D eigenvalue weighted by Crippen LogP contribution is -2.47. The van der Waals surface area contributed by atoms with Crippen molar-refractivity contribution in [3.63, 3.8) is 0 Å². The lowest BCUT2D eigenvalue weighted by atomic mass is 10.2. The molecule has 120 valence electrons. The van der Waals surface area contributed by atoms with Crippen LogP contribution in [-0.4, -0.2) is 56.1 Å². The van der Waals surface area contributed by atoms with Crippen molar-refractivity contribution in [1.82, 2.24) is 14.5 Å². The van der Waals surface area contributed by atoms with Crippen molar-refractivity contribution < 1.29 is 12.8 Å². The Morgan fingerprint density at radius 2 is 1.95 bits per heavy atom. The third kappa shape index (κ3) is 4.81. The number of hydrogen-bond donors (Lipinski definition) is 1. The van der Waals surface area contributed by atoms with Crippen LogP contribution in [0.25, 0.3) is 0 Å². The van der Waals surface area contributed by atoms with E-state index in [1.165, 1.54) is 16.1 Å². The molecule has 21 heavy (non-hydrogen) atoms. The van der Waals surface area contributed by atoms with Gasteiger partial charge >= 0.3 is 0 Å². The number of nitrogens with one attached hydrogen (secondary N) is 1. The second-order valence-electron chi connectivity index (χ2n) is 5.84. The second kappa shape index (κ2) is 6.91. The molecule has 2 heterocycles. The molecule has 0 aromatic carbocycles. The lowest BCUT2D eigenvalue weighted by Gasteiger charge is -2.32. The van der Waals surface area contributed by atoms with Gasteiger partial charge in [0, 0.05) is 44.3 Å². The fraction of sp³-hybridized carbons (Fsp3) is 0.714. The van der Waals surface area contributed by atoms with Crippen LogP contribution in [0.5, 0.6) is 0 Å². The van der Waals surface area contributed by atoms with Gasteiger partial charge in [0.05, 0.1) is 19.1 Å². The fourth-order valence-corrected chi connectivity index (χ4v) is 3.23. The predicted molar refractivity (Wildman–Crippen MR) is 82.4 cm³/mol. The van der Waals surface area contributed by atoms with Gasteiger partial charge in [0.1, 0.15) is 5.76 Å². The average Bonchev–Trinajstić information content (AvgIpc) is 2.83. The number of piperazine rings is 1. The Morgan fingerprint density at radius 3 is 2.52 bits per heavy atom. The molecule has 7 heteroatoms. The molecule has 1 aliphatic heterocycles. The molecule has 0 aliphatic carbocycles. The maximum absolute atomic E-state index is 11.5. The molecular weight excluding hydrogens is 290 g/mol. The molecule has 0 atom stereocenters. The van der Waals surface area contributed by atoms with Crippen LogP contribution in [0.3, 0.4) is 0 Å². The van der Waals surface area contributed by atoms with Crippen molar-refractivity contribution in [2.75, 3.05) is 32.4 Å². The van der Waals surface area contributed by atoms with Gasteiger partial charge < -0.3 is 9.73 Å². The number of sulfonamides is 1. The van der Waals surface area contributed by atoms with Crippen molar-refractivity contribution in [1.29, 1.82) is 0 Å². The molecule has 0 spiro atoms. The van der Waals surface area contributed by atoms with Gasteiger partial charge in [-0.05, 0) is 6.07 Å². The van der Waals surface area contributed by atoms with Crippen molar-refractivity contribution in [2.24, 2.45) is 0 Å². The smallest absolute Gasteiger partial charge is 0.211 e. The van der Waals surface area contributed by atoms with Gasteiger partial charge in [-0.3, -0.25) is 4.90 Å². The normalized spacial score (nSPS) is 18.5. The summed E-state index contributed by atoms with van der Waals surface area (Å²) in [5.41, 5.74) is 1.18. The van der Waals surface area contributed by atoms with E-state index < -0.39 is 10.0 Å². The summed E-state index contributed by atoms with van der Waals surface area (Å²) in [5, 5.41) is 3.39. The number of furan rings is 1. The number of rotatable bonds is 6. The summed E-state index contributed by atoms with van der Waals surface area (Å²) in [6, 6.07) is 2.43. The van der Waals surface area contributed by atoms with Gasteiger partial charge in [-0.2, -0.15) is 4.31 Å². The molecular formula is C14H25N3O3S. The molecule has 0 bridgehead atoms. The highest BCUT2D eigenvalue weighted by Crippen LogP contribution is 2.15. The fourth-order valence-electron chi connectivity index (χ4n) is 2.40. The molecule has 2 rings (SSSR count). The molecule has 0 radical (unpaired) electrons. The average molecular weight is 315 g/mol. The summed E-state index contributed by atoms with van der Waals surface area (Å²) in [4.78, 5) is 2.24. The van der Waals surface area contributed by atoms with Gasteiger partial charge in [0.2, 0.25) is 10.0 Å². The molecule has 1 aliphatic rings. The molecule has 1 saturated heterocycles. The zero-order chi connectivity index (χ0) is 15.5. The first-order valence-corrected chi connectivity index (χ1v) is 9.17. The Labute approximate surface area is 127 Å². The molecule has 0 unspecified atom stereocenters. The standard InChI is InChI=1S/C14H25N3O3S/c1-12(2)15-10-13-4-9-20-14(13)11-16-5-7-17(8-6-16)21(3,18)19/h4,9,12,15H,5-8,10-11H2,1-3H3. The van der Waals surface area contributed by atoms with E-state index in [-0.39, 0.29) is 0 Å². The van der Waals surface area contributed by atoms with Crippen LogP contribution in [0.4, 0.5) is 0 Å². The van der Waals surface area contributed by atoms with Gasteiger partial charge in [0.15, 0.2) is 0 Å². The zero-order valence-corrected chi connectivity index (χ0v) is 13.8. The maximum atomic E-state index is 11.5. The van der Waals surface area contributed by atoms with Gasteiger partial charge in [-0.15, -0.1) is 0 Å². The first kappa shape index (κ1) is 16.5. The Hall–Kier alpha value is -0.890. The maximum Gasteiger partial charge on any atom is 0.211 e. The molecule has 1 fully saturated rings. The van der Waals surface area contributed by atoms with Crippen molar-refractivity contribution >= 4 is 10.0 Å². The van der Waals surface area contributed by atoms with Crippen molar-refractivity contribution in [2.45, 2.75) is 33.0 Å². The summed E-state index contributed by atoms with van der Waals surface area (Å²) in [6.07, 6.45) is 2.99. The largest absolute Gasteiger partial charge is 0.468 e. The van der Waals surface area contributed by atoms with E-state index in [4.69, 9.17) is 4.42 Å². The first-order chi connectivity index (χ1) is 9.86. The highest BCUT2D eigenvalue weighted by molar-refractivity contribution is 7.88. The van der Waals surface area contributed by atoms with E-state index in [2.05, 4.69) is 24.1 Å². The molecule has 0 amide bonds. The van der Waals surface area contributed by atoms with Gasteiger partial charge in [0.25, 0.3) is 0 Å². The van der Waals surface area contributed by atoms with Crippen LogP contribution in [0.1, 0.15) is 25.2 Å². The summed E-state index contributed by atoms with van der Waals surface area (Å²) in [7, 11) is -3.06. The Kier molecular flexibility index (Phi) is 5.43. The summed E-state index contributed by atoms with van der Waals surface area (Å²) in [5.74, 6) is 0.968. The minimum Gasteiger partial charge on any atom is -0.468 e. The number of hydrogen-bond acceptors (Lipinski definition) is 5. The molecule has 1 aromatic heterocycles. The molecule has 6 nitrogen and oxygen atoms in total. The SMILES string of the molecule is CC(C)NCc1ccoc1CN1CCN(S(C)(=O)=O)CC1. The monoisotopic (exact) mass is 315 g/mol. The number of nitrogens with zero attached hydrogens (tertiary/aromatic N) is 2. The van der Waals surface area contributed by atoms with E-state index >= 15 is 0 Å². The van der Waals surface area contributed by atoms with Crippen LogP contribution in [0.2, 0.25) is 0 Å². The highest BCUT2D eigenvalue weighted by Gasteiger charge is 2.24. The molecule has 1 N–H and O–H groups in total. The lowest BCUT2D eigenvalue weighted by molar-refractivity contribution is 0.170. The summed E-state index contributed by atoms with van der Waals surface area (Å²) >= 11 is 0. The molecule has 0 saturated carbocycles. The van der Waals surface area contributed by atoms with Crippen LogP contribution < -0.4 is 5.32 Å². The van der Waals surface area contributed by atoms with E-state index in [0.29, 0.717) is 19.1 Å². The topological polar surface area (TPSA) is 65.8 Å². The zero-order valence-electron chi connectivity index (χ0n) is 13.0. The van der Waals surface area contributed by atoms with E-state index in [1.807, 2.05) is 6.07 Å². The predicted octanol–water partition coefficient (Wildman–Crippen LogP) is 0.855. The Bertz CT molecular complexity index is 546. The quantitative estimate of drug-likeness (QED) is 0.843. The minimum absolute atomic E-state index is 0.436. The van der Waals surface area contributed by atoms with E-state index in [1.54, 1.807) is 6.26 Å². The van der Waals surface area contributed by atoms with Crippen LogP contribution in [0.15, 0.2) is 16.7 Å². The first-order valence-electron chi connectivity index (χ1n) is 7.32. The van der Waals surface area contributed by atoms with Gasteiger partial charge in [-0.1, -0.05) is 13.8 Å². The van der Waals surface area contributed by atoms with Crippen LogP contribution in [-0.2, 0) is 23.1 Å². The third-order valence-electron chi connectivity index (χ3n) is 3.71. The van der Waals surface area contributed by atoms with Crippen LogP contribution in [0, 0.1) is 0 Å². The van der Waals surface area contributed by atoms with Crippen LogP contribution >= 0.6 is 0 Å². The van der Waals surface area contributed by atoms with Crippen molar-refractivity contribution in [3.8, 4) is 0 Å². The minimum atomic E-state index is -3.06. The van der Waals surface area contributed by atoms with E-state index in [9.17, 15) is 8.42 Å². The van der Waals surface area contributed by atoms with Gasteiger partial charge in [-0.25, -0.2) is 8.42 Å². The summed E-state index contributed by atoms with van der Waals surface area (Å²) in [6.45, 7) is 8.36. The molecule has 1 aromatic rings. The summed E-state index contributed by atoms with van der Waals surface area (Å²) < 4.78 is 30.1. The third-order valence-corrected chi connectivity index (χ3v) is 5.01. The second-order valence-corrected chi connectivity index (χ2v) is 7.83. The van der Waals surface area contributed by atoms with Crippen molar-refractivity contribution in [3.05, 3.63) is 23.7 Å². The highest BCUT2D eigenvalue weighted by atomic mass is 32.2.